The molecular weight excluding hydrogens is 505 g/mol. The number of benzene rings is 2. The third-order valence-corrected chi connectivity index (χ3v) is 7.18. The highest BCUT2D eigenvalue weighted by atomic mass is 19.1. The summed E-state index contributed by atoms with van der Waals surface area (Å²) in [5.74, 6) is 0.489. The minimum atomic E-state index is -0.667. The average Bonchev–Trinajstić information content (AvgIpc) is 3.44. The van der Waals surface area contributed by atoms with Gasteiger partial charge in [0.2, 0.25) is 0 Å². The zero-order valence-electron chi connectivity index (χ0n) is 22.6. The number of fused-ring (bicyclic) bond motifs is 1. The summed E-state index contributed by atoms with van der Waals surface area (Å²) in [5, 5.41) is 8.95. The van der Waals surface area contributed by atoms with Crippen LogP contribution in [0.15, 0.2) is 36.4 Å². The third-order valence-electron chi connectivity index (χ3n) is 7.18. The molecule has 0 spiro atoms. The minimum absolute atomic E-state index is 0.122. The lowest BCUT2D eigenvalue weighted by molar-refractivity contribution is 0.0478. The maximum absolute atomic E-state index is 14.2. The van der Waals surface area contributed by atoms with Gasteiger partial charge in [-0.1, -0.05) is 12.1 Å². The Bertz CT molecular complexity index is 1120. The van der Waals surface area contributed by atoms with Crippen molar-refractivity contribution in [1.82, 2.24) is 16.0 Å². The molecule has 3 N–H and O–H groups in total. The first-order valence-corrected chi connectivity index (χ1v) is 13.5. The van der Waals surface area contributed by atoms with E-state index in [1.54, 1.807) is 24.3 Å². The number of alkyl carbamates (subject to hydrolysis) is 1. The molecule has 2 amide bonds. The fourth-order valence-corrected chi connectivity index (χ4v) is 5.15. The highest BCUT2D eigenvalue weighted by Crippen LogP contribution is 2.38. The van der Waals surface area contributed by atoms with Crippen LogP contribution in [-0.4, -0.2) is 71.7 Å². The number of carbonyl (C=O) groups is 2. The number of halogens is 1. The molecule has 2 aromatic carbocycles. The van der Waals surface area contributed by atoms with Crippen LogP contribution in [0.2, 0.25) is 0 Å². The van der Waals surface area contributed by atoms with Crippen molar-refractivity contribution in [2.75, 3.05) is 53.7 Å². The lowest BCUT2D eigenvalue weighted by atomic mass is 9.92. The van der Waals surface area contributed by atoms with Crippen molar-refractivity contribution in [3.63, 3.8) is 0 Å². The van der Waals surface area contributed by atoms with Crippen LogP contribution in [0.1, 0.15) is 52.4 Å². The van der Waals surface area contributed by atoms with E-state index < -0.39 is 18.0 Å². The zero-order chi connectivity index (χ0) is 27.6. The van der Waals surface area contributed by atoms with Crippen molar-refractivity contribution in [2.24, 2.45) is 5.92 Å². The molecule has 9 nitrogen and oxygen atoms in total. The standard InChI is InChI=1S/C29H38FN3O6/c1-31-23(13-19-5-4-10-37-18-19)17-33-28(34)21-15-25(24-8-11-38-26(24)16-21)27(20-6-3-7-22(30)14-20)39-12-9-32-29(35)36-2/h3,6-7,14-16,19,23,27,31H,4-5,8-13,17-18H2,1-2H3,(H,32,35)(H,33,34)/t19-,23?,27-/m1/s1. The molecule has 39 heavy (non-hydrogen) atoms. The normalized spacial score (nSPS) is 18.0. The third kappa shape index (κ3) is 7.90. The fraction of sp³-hybridized carbons (Fsp3) is 0.517. The van der Waals surface area contributed by atoms with Crippen LogP contribution in [0.25, 0.3) is 0 Å². The van der Waals surface area contributed by atoms with Crippen molar-refractivity contribution in [3.05, 3.63) is 64.5 Å². The Labute approximate surface area is 228 Å². The topological polar surface area (TPSA) is 107 Å². The molecule has 0 radical (unpaired) electrons. The van der Waals surface area contributed by atoms with Gasteiger partial charge in [0.15, 0.2) is 0 Å². The Kier molecular flexibility index (Phi) is 10.5. The smallest absolute Gasteiger partial charge is 0.406 e. The summed E-state index contributed by atoms with van der Waals surface area (Å²) in [5.41, 5.74) is 2.71. The first kappa shape index (κ1) is 28.8. The lowest BCUT2D eigenvalue weighted by Gasteiger charge is -2.26. The van der Waals surface area contributed by atoms with Gasteiger partial charge in [-0.3, -0.25) is 4.79 Å². The number of nitrogens with one attached hydrogen (secondary N) is 3. The molecule has 2 aromatic rings. The second-order valence-corrected chi connectivity index (χ2v) is 9.88. The fourth-order valence-electron chi connectivity index (χ4n) is 5.15. The molecule has 4 rings (SSSR count). The summed E-state index contributed by atoms with van der Waals surface area (Å²) in [6.45, 7) is 2.89. The minimum Gasteiger partial charge on any atom is -0.493 e. The Balaban J connectivity index is 1.52. The number of rotatable bonds is 12. The van der Waals surface area contributed by atoms with E-state index in [0.717, 1.165) is 43.6 Å². The van der Waals surface area contributed by atoms with Gasteiger partial charge >= 0.3 is 6.09 Å². The summed E-state index contributed by atoms with van der Waals surface area (Å²) in [4.78, 5) is 24.8. The van der Waals surface area contributed by atoms with E-state index in [9.17, 15) is 14.0 Å². The zero-order valence-corrected chi connectivity index (χ0v) is 22.6. The van der Waals surface area contributed by atoms with Crippen LogP contribution in [0, 0.1) is 11.7 Å². The Hall–Kier alpha value is -3.21. The SMILES string of the molecule is CNC(CNC(=O)c1cc2c(c([C@H](OCCNC(=O)OC)c3cccc(F)c3)c1)CCO2)C[C@H]1CCCOC1. The number of carbonyl (C=O) groups excluding carboxylic acids is 2. The van der Waals surface area contributed by atoms with Crippen LogP contribution in [0.5, 0.6) is 5.75 Å². The van der Waals surface area contributed by atoms with Crippen LogP contribution in [0.4, 0.5) is 9.18 Å². The largest absolute Gasteiger partial charge is 0.493 e. The summed E-state index contributed by atoms with van der Waals surface area (Å²) in [6.07, 6.45) is 2.54. The maximum atomic E-state index is 14.2. The molecule has 10 heteroatoms. The molecule has 0 bridgehead atoms. The molecule has 1 unspecified atom stereocenters. The average molecular weight is 544 g/mol. The Morgan fingerprint density at radius 1 is 1.18 bits per heavy atom. The second kappa shape index (κ2) is 14.3. The van der Waals surface area contributed by atoms with Crippen LogP contribution in [0.3, 0.4) is 0 Å². The second-order valence-electron chi connectivity index (χ2n) is 9.88. The van der Waals surface area contributed by atoms with Crippen LogP contribution in [-0.2, 0) is 20.6 Å². The van der Waals surface area contributed by atoms with Crippen LogP contribution >= 0.6 is 0 Å². The van der Waals surface area contributed by atoms with Gasteiger partial charge in [-0.2, -0.15) is 0 Å². The number of likely N-dealkylation sites (N-methyl/N-ethyl adjacent to an activating group) is 1. The molecule has 0 aliphatic carbocycles. The number of methoxy groups -OCH3 is 1. The highest BCUT2D eigenvalue weighted by Gasteiger charge is 2.27. The van der Waals surface area contributed by atoms with Gasteiger partial charge in [-0.05, 0) is 67.6 Å². The van der Waals surface area contributed by atoms with Gasteiger partial charge in [-0.25, -0.2) is 9.18 Å². The van der Waals surface area contributed by atoms with E-state index in [1.165, 1.54) is 19.2 Å². The van der Waals surface area contributed by atoms with Crippen LogP contribution < -0.4 is 20.7 Å². The van der Waals surface area contributed by atoms with Gasteiger partial charge in [0.25, 0.3) is 5.91 Å². The number of ether oxygens (including phenoxy) is 4. The van der Waals surface area contributed by atoms with Crippen molar-refractivity contribution in [3.8, 4) is 5.75 Å². The van der Waals surface area contributed by atoms with Gasteiger partial charge in [-0.15, -0.1) is 0 Å². The van der Waals surface area contributed by atoms with Gasteiger partial charge < -0.3 is 34.9 Å². The van der Waals surface area contributed by atoms with Crippen molar-refractivity contribution in [1.29, 1.82) is 0 Å². The predicted octanol–water partition coefficient (Wildman–Crippen LogP) is 3.36. The van der Waals surface area contributed by atoms with E-state index >= 15 is 0 Å². The lowest BCUT2D eigenvalue weighted by Crippen LogP contribution is -2.41. The molecule has 0 saturated carbocycles. The van der Waals surface area contributed by atoms with E-state index in [1.807, 2.05) is 7.05 Å². The predicted molar refractivity (Wildman–Crippen MR) is 144 cm³/mol. The van der Waals surface area contributed by atoms with E-state index in [0.29, 0.717) is 42.4 Å². The Morgan fingerprint density at radius 3 is 2.79 bits per heavy atom. The van der Waals surface area contributed by atoms with Gasteiger partial charge in [0.05, 0.1) is 20.3 Å². The van der Waals surface area contributed by atoms with Gasteiger partial charge in [0, 0.05) is 49.9 Å². The van der Waals surface area contributed by atoms with Crippen molar-refractivity contribution in [2.45, 2.75) is 37.8 Å². The van der Waals surface area contributed by atoms with E-state index in [-0.39, 0.29) is 25.1 Å². The molecule has 2 aliphatic heterocycles. The summed E-state index contributed by atoms with van der Waals surface area (Å²) in [7, 11) is 3.19. The molecule has 212 valence electrons. The van der Waals surface area contributed by atoms with Crippen molar-refractivity contribution < 1.29 is 32.9 Å². The first-order valence-electron chi connectivity index (χ1n) is 13.5. The molecule has 2 aliphatic rings. The molecule has 1 saturated heterocycles. The van der Waals surface area contributed by atoms with Crippen molar-refractivity contribution >= 4 is 12.0 Å². The highest BCUT2D eigenvalue weighted by molar-refractivity contribution is 5.95. The quantitative estimate of drug-likeness (QED) is 0.353. The number of hydrogen-bond acceptors (Lipinski definition) is 7. The molecular formula is C29H38FN3O6. The molecule has 1 fully saturated rings. The summed E-state index contributed by atoms with van der Waals surface area (Å²) < 4.78 is 36.5. The van der Waals surface area contributed by atoms with E-state index in [4.69, 9.17) is 14.2 Å². The summed E-state index contributed by atoms with van der Waals surface area (Å²) in [6, 6.07) is 9.87. The maximum Gasteiger partial charge on any atom is 0.406 e. The first-order chi connectivity index (χ1) is 19.0. The van der Waals surface area contributed by atoms with Gasteiger partial charge in [0.1, 0.15) is 17.7 Å². The molecule has 3 atom stereocenters. The summed E-state index contributed by atoms with van der Waals surface area (Å²) >= 11 is 0. The number of hydrogen-bond donors (Lipinski definition) is 3. The monoisotopic (exact) mass is 543 g/mol. The Morgan fingerprint density at radius 2 is 2.05 bits per heavy atom. The molecule has 0 aromatic heterocycles. The number of amides is 2. The van der Waals surface area contributed by atoms with E-state index in [2.05, 4.69) is 20.7 Å². The molecule has 2 heterocycles.